The summed E-state index contributed by atoms with van der Waals surface area (Å²) in [5.74, 6) is -0.302. The van der Waals surface area contributed by atoms with Gasteiger partial charge in [0.15, 0.2) is 0 Å². The minimum atomic E-state index is -0.302. The van der Waals surface area contributed by atoms with Gasteiger partial charge >= 0.3 is 0 Å². The fraction of sp³-hybridized carbons (Fsp3) is 0.562. The van der Waals surface area contributed by atoms with Gasteiger partial charge < -0.3 is 10.6 Å². The lowest BCUT2D eigenvalue weighted by Crippen LogP contribution is -2.43. The Morgan fingerprint density at radius 1 is 1.29 bits per heavy atom. The molecule has 0 aliphatic heterocycles. The van der Waals surface area contributed by atoms with E-state index in [-0.39, 0.29) is 17.1 Å². The van der Waals surface area contributed by atoms with Gasteiger partial charge in [0.25, 0.3) is 0 Å². The molecule has 0 atom stereocenters. The molecule has 0 bridgehead atoms. The molecule has 0 radical (unpaired) electrons. The lowest BCUT2D eigenvalue weighted by molar-refractivity contribution is -0.119. The van der Waals surface area contributed by atoms with Gasteiger partial charge in [-0.3, -0.25) is 9.69 Å². The molecule has 0 saturated heterocycles. The number of carbonyl (C=O) groups is 1. The number of halogens is 1. The molecular formula is C16H26FN3O. The van der Waals surface area contributed by atoms with Crippen molar-refractivity contribution in [2.75, 3.05) is 38.1 Å². The van der Waals surface area contributed by atoms with E-state index in [1.54, 1.807) is 17.0 Å². The van der Waals surface area contributed by atoms with Gasteiger partial charge in [-0.15, -0.1) is 0 Å². The van der Waals surface area contributed by atoms with Crippen LogP contribution in [0.25, 0.3) is 0 Å². The molecular weight excluding hydrogens is 269 g/mol. The smallest absolute Gasteiger partial charge is 0.241 e. The van der Waals surface area contributed by atoms with Gasteiger partial charge in [0, 0.05) is 18.8 Å². The normalized spacial score (nSPS) is 11.8. The van der Waals surface area contributed by atoms with Gasteiger partial charge in [-0.2, -0.15) is 0 Å². The average Bonchev–Trinajstić information content (AvgIpc) is 2.41. The van der Waals surface area contributed by atoms with Crippen molar-refractivity contribution in [3.05, 3.63) is 30.1 Å². The van der Waals surface area contributed by atoms with E-state index in [0.29, 0.717) is 19.6 Å². The van der Waals surface area contributed by atoms with Crippen LogP contribution in [0.3, 0.4) is 0 Å². The first kappa shape index (κ1) is 17.6. The highest BCUT2D eigenvalue weighted by molar-refractivity contribution is 5.94. The molecule has 1 rings (SSSR count). The van der Waals surface area contributed by atoms with Crippen LogP contribution in [0.2, 0.25) is 0 Å². The first-order chi connectivity index (χ1) is 9.79. The Kier molecular flexibility index (Phi) is 6.30. The lowest BCUT2D eigenvalue weighted by atomic mass is 9.93. The zero-order valence-electron chi connectivity index (χ0n) is 13.4. The Balaban J connectivity index is 2.69. The monoisotopic (exact) mass is 295 g/mol. The Bertz CT molecular complexity index is 459. The summed E-state index contributed by atoms with van der Waals surface area (Å²) in [5.41, 5.74) is 6.41. The van der Waals surface area contributed by atoms with E-state index in [1.807, 2.05) is 18.9 Å². The fourth-order valence-electron chi connectivity index (χ4n) is 2.29. The van der Waals surface area contributed by atoms with Gasteiger partial charge in [-0.25, -0.2) is 4.39 Å². The molecule has 0 aromatic heterocycles. The summed E-state index contributed by atoms with van der Waals surface area (Å²) in [4.78, 5) is 16.0. The molecule has 118 valence electrons. The third-order valence-electron chi connectivity index (χ3n) is 3.41. The first-order valence-electron chi connectivity index (χ1n) is 7.23. The number of rotatable bonds is 7. The van der Waals surface area contributed by atoms with Crippen LogP contribution >= 0.6 is 0 Å². The summed E-state index contributed by atoms with van der Waals surface area (Å²) in [6.45, 7) is 8.24. The third-order valence-corrected chi connectivity index (χ3v) is 3.41. The molecule has 1 amide bonds. The zero-order valence-corrected chi connectivity index (χ0v) is 13.4. The van der Waals surface area contributed by atoms with E-state index in [9.17, 15) is 9.18 Å². The second-order valence-corrected chi connectivity index (χ2v) is 6.16. The second kappa shape index (κ2) is 7.52. The van der Waals surface area contributed by atoms with Crippen LogP contribution in [0.15, 0.2) is 24.3 Å². The molecule has 5 heteroatoms. The van der Waals surface area contributed by atoms with Crippen LogP contribution in [0.4, 0.5) is 10.1 Å². The summed E-state index contributed by atoms with van der Waals surface area (Å²) in [7, 11) is 1.91. The van der Waals surface area contributed by atoms with Crippen molar-refractivity contribution >= 4 is 11.6 Å². The standard InChI is InChI=1S/C16H26FN3O/c1-5-20(14-8-6-13(17)7-9-14)15(21)10-19(4)12-16(2,3)11-18/h6-9H,5,10-12,18H2,1-4H3. The predicted octanol–water partition coefficient (Wildman–Crippen LogP) is 2.10. The lowest BCUT2D eigenvalue weighted by Gasteiger charge is -2.30. The van der Waals surface area contributed by atoms with Crippen LogP contribution < -0.4 is 10.6 Å². The zero-order chi connectivity index (χ0) is 16.0. The number of carbonyl (C=O) groups excluding carboxylic acids is 1. The maximum atomic E-state index is 13.0. The topological polar surface area (TPSA) is 49.6 Å². The van der Waals surface area contributed by atoms with Crippen LogP contribution in [-0.4, -0.2) is 44.0 Å². The van der Waals surface area contributed by atoms with Gasteiger partial charge in [0.2, 0.25) is 5.91 Å². The number of anilines is 1. The van der Waals surface area contributed by atoms with Crippen LogP contribution in [0, 0.1) is 11.2 Å². The number of hydrogen-bond acceptors (Lipinski definition) is 3. The summed E-state index contributed by atoms with van der Waals surface area (Å²) in [5, 5.41) is 0. The summed E-state index contributed by atoms with van der Waals surface area (Å²) < 4.78 is 13.0. The molecule has 4 nitrogen and oxygen atoms in total. The summed E-state index contributed by atoms with van der Waals surface area (Å²) in [6, 6.07) is 5.99. The molecule has 0 aliphatic carbocycles. The molecule has 0 fully saturated rings. The van der Waals surface area contributed by atoms with Crippen LogP contribution in [0.1, 0.15) is 20.8 Å². The number of amides is 1. The van der Waals surface area contributed by atoms with Crippen molar-refractivity contribution in [1.29, 1.82) is 0 Å². The van der Waals surface area contributed by atoms with Crippen molar-refractivity contribution in [3.63, 3.8) is 0 Å². The highest BCUT2D eigenvalue weighted by atomic mass is 19.1. The number of nitrogens with zero attached hydrogens (tertiary/aromatic N) is 2. The highest BCUT2D eigenvalue weighted by Gasteiger charge is 2.21. The number of benzene rings is 1. The van der Waals surface area contributed by atoms with E-state index in [0.717, 1.165) is 12.2 Å². The predicted molar refractivity (Wildman–Crippen MR) is 84.8 cm³/mol. The second-order valence-electron chi connectivity index (χ2n) is 6.16. The fourth-order valence-corrected chi connectivity index (χ4v) is 2.29. The van der Waals surface area contributed by atoms with E-state index in [1.165, 1.54) is 12.1 Å². The number of likely N-dealkylation sites (N-methyl/N-ethyl adjacent to an activating group) is 2. The summed E-state index contributed by atoms with van der Waals surface area (Å²) >= 11 is 0. The third kappa shape index (κ3) is 5.44. The molecule has 0 heterocycles. The quantitative estimate of drug-likeness (QED) is 0.838. The molecule has 0 spiro atoms. The molecule has 0 aliphatic rings. The van der Waals surface area contributed by atoms with Gasteiger partial charge in [0.1, 0.15) is 5.82 Å². The Morgan fingerprint density at radius 3 is 2.33 bits per heavy atom. The Hall–Kier alpha value is -1.46. The molecule has 1 aromatic carbocycles. The molecule has 0 unspecified atom stereocenters. The molecule has 0 saturated carbocycles. The Labute approximate surface area is 126 Å². The van der Waals surface area contributed by atoms with Crippen molar-refractivity contribution in [3.8, 4) is 0 Å². The highest BCUT2D eigenvalue weighted by Crippen LogP contribution is 2.17. The number of hydrogen-bond donors (Lipinski definition) is 1. The van der Waals surface area contributed by atoms with E-state index in [4.69, 9.17) is 5.73 Å². The van der Waals surface area contributed by atoms with Gasteiger partial charge in [-0.05, 0) is 50.2 Å². The van der Waals surface area contributed by atoms with E-state index in [2.05, 4.69) is 13.8 Å². The maximum absolute atomic E-state index is 13.0. The largest absolute Gasteiger partial charge is 0.330 e. The Morgan fingerprint density at radius 2 is 1.86 bits per heavy atom. The minimum absolute atomic E-state index is 0.000528. The molecule has 2 N–H and O–H groups in total. The number of nitrogens with two attached hydrogens (primary N) is 1. The summed E-state index contributed by atoms with van der Waals surface area (Å²) in [6.07, 6.45) is 0. The van der Waals surface area contributed by atoms with Gasteiger partial charge in [-0.1, -0.05) is 13.8 Å². The van der Waals surface area contributed by atoms with Crippen molar-refractivity contribution in [2.24, 2.45) is 11.1 Å². The van der Waals surface area contributed by atoms with Gasteiger partial charge in [0.05, 0.1) is 6.54 Å². The van der Waals surface area contributed by atoms with Crippen LogP contribution in [0.5, 0.6) is 0 Å². The first-order valence-corrected chi connectivity index (χ1v) is 7.23. The molecule has 21 heavy (non-hydrogen) atoms. The van der Waals surface area contributed by atoms with Crippen molar-refractivity contribution in [2.45, 2.75) is 20.8 Å². The molecule has 1 aromatic rings. The SMILES string of the molecule is CCN(C(=O)CN(C)CC(C)(C)CN)c1ccc(F)cc1. The van der Waals surface area contributed by atoms with Crippen molar-refractivity contribution < 1.29 is 9.18 Å². The minimum Gasteiger partial charge on any atom is -0.330 e. The van der Waals surface area contributed by atoms with E-state index < -0.39 is 0 Å². The van der Waals surface area contributed by atoms with Crippen molar-refractivity contribution in [1.82, 2.24) is 4.90 Å². The maximum Gasteiger partial charge on any atom is 0.241 e. The van der Waals surface area contributed by atoms with E-state index >= 15 is 0 Å². The van der Waals surface area contributed by atoms with Crippen LogP contribution in [-0.2, 0) is 4.79 Å². The average molecular weight is 295 g/mol.